The van der Waals surface area contributed by atoms with Gasteiger partial charge in [0.15, 0.2) is 6.10 Å². The van der Waals surface area contributed by atoms with E-state index in [-0.39, 0.29) is 19.3 Å². The molecule has 0 aliphatic carbocycles. The molecule has 0 saturated heterocycles. The van der Waals surface area contributed by atoms with Crippen LogP contribution in [0.1, 0.15) is 290 Å². The van der Waals surface area contributed by atoms with E-state index in [1.165, 1.54) is 77.0 Å². The van der Waals surface area contributed by atoms with Crippen LogP contribution in [0.25, 0.3) is 0 Å². The van der Waals surface area contributed by atoms with Gasteiger partial charge in [0.1, 0.15) is 25.4 Å². The molecule has 0 aromatic carbocycles. The van der Waals surface area contributed by atoms with E-state index < -0.39 is 91.5 Å². The minimum Gasteiger partial charge on any atom is -0.463 e. The monoisotopic (exact) mass is 1320 g/mol. The average Bonchev–Trinajstić information content (AvgIpc) is 3.08. The fraction of sp³-hybridized carbons (Fsp3) is 0.740. The molecule has 0 aliphatic rings. The Morgan fingerprint density at radius 1 is 0.319 bits per heavy atom. The van der Waals surface area contributed by atoms with Crippen molar-refractivity contribution in [1.29, 1.82) is 0 Å². The molecular weight excluding hydrogens is 1190 g/mol. The zero-order chi connectivity index (χ0) is 66.7. The second-order valence-electron chi connectivity index (χ2n) is 23.6. The van der Waals surface area contributed by atoms with Crippen LogP contribution in [0.3, 0.4) is 0 Å². The molecule has 0 aromatic rings. The molecule has 0 radical (unpaired) electrons. The van der Waals surface area contributed by atoms with E-state index in [1.54, 1.807) is 0 Å². The van der Waals surface area contributed by atoms with E-state index in [9.17, 15) is 43.5 Å². The number of allylic oxidation sites excluding steroid dienone is 16. The lowest BCUT2D eigenvalue weighted by Crippen LogP contribution is -2.30. The molecule has 4 N–H and O–H groups in total. The van der Waals surface area contributed by atoms with Gasteiger partial charge in [0.2, 0.25) is 0 Å². The van der Waals surface area contributed by atoms with Crippen molar-refractivity contribution in [3.05, 3.63) is 97.2 Å². The number of hydrogen-bond acceptors (Lipinski definition) is 14. The third-order valence-electron chi connectivity index (χ3n) is 14.8. The van der Waals surface area contributed by atoms with Gasteiger partial charge < -0.3 is 34.2 Å². The summed E-state index contributed by atoms with van der Waals surface area (Å²) < 4.78 is 60.9. The molecule has 5 unspecified atom stereocenters. The van der Waals surface area contributed by atoms with E-state index in [2.05, 4.69) is 118 Å². The lowest BCUT2D eigenvalue weighted by Gasteiger charge is -2.21. The summed E-state index contributed by atoms with van der Waals surface area (Å²) in [4.78, 5) is 58.4. The molecule has 0 bridgehead atoms. The second-order valence-corrected chi connectivity index (χ2v) is 26.6. The summed E-state index contributed by atoms with van der Waals surface area (Å²) in [5.74, 6) is -1.60. The van der Waals surface area contributed by atoms with Crippen LogP contribution in [-0.2, 0) is 55.8 Å². The molecule has 91 heavy (non-hydrogen) atoms. The third-order valence-corrected chi connectivity index (χ3v) is 16.7. The third kappa shape index (κ3) is 67.7. The quantitative estimate of drug-likeness (QED) is 0.0146. The maximum Gasteiger partial charge on any atom is 0.472 e. The summed E-state index contributed by atoms with van der Waals surface area (Å²) in [6.07, 6.45) is 73.1. The molecule has 18 heteroatoms. The number of ether oxygens (including phenoxy) is 3. The normalized spacial score (nSPS) is 14.8. The van der Waals surface area contributed by atoms with Gasteiger partial charge in [0, 0.05) is 19.3 Å². The van der Waals surface area contributed by atoms with Crippen molar-refractivity contribution in [3.8, 4) is 0 Å². The van der Waals surface area contributed by atoms with Gasteiger partial charge in [0.05, 0.1) is 26.4 Å². The van der Waals surface area contributed by atoms with Crippen molar-refractivity contribution in [2.24, 2.45) is 0 Å². The Hall–Kier alpha value is -3.53. The molecule has 0 aromatic heterocycles. The number of esters is 3. The molecule has 0 spiro atoms. The zero-order valence-electron chi connectivity index (χ0n) is 57.0. The summed E-state index contributed by atoms with van der Waals surface area (Å²) in [7, 11) is -9.78. The predicted molar refractivity (Wildman–Crippen MR) is 371 cm³/mol. The highest BCUT2D eigenvalue weighted by Gasteiger charge is 2.29. The summed E-state index contributed by atoms with van der Waals surface area (Å²) in [6, 6.07) is 0. The SMILES string of the molecule is CC/C=C\C/C=C\C/C=C\C/C=C\C/C=C\C/C=C\CCCCCCCCC(=O)OCC(O)COP(=O)(O)OCC(O)COP(=O)(O)OCC(COC(=O)CCCCCCC/C=C\CCCCCCCC)OC(=O)CCCCCCC/C=C\CCCCCCCC. The van der Waals surface area contributed by atoms with Gasteiger partial charge in [0.25, 0.3) is 0 Å². The van der Waals surface area contributed by atoms with Crippen LogP contribution in [-0.4, -0.2) is 95.9 Å². The maximum atomic E-state index is 12.9. The molecule has 526 valence electrons. The van der Waals surface area contributed by atoms with Gasteiger partial charge in [-0.2, -0.15) is 0 Å². The van der Waals surface area contributed by atoms with Crippen molar-refractivity contribution in [1.82, 2.24) is 0 Å². The minimum atomic E-state index is -4.93. The van der Waals surface area contributed by atoms with E-state index in [0.29, 0.717) is 19.3 Å². The largest absolute Gasteiger partial charge is 0.472 e. The topological polar surface area (TPSA) is 231 Å². The Balaban J connectivity index is 4.59. The first-order valence-corrected chi connectivity index (χ1v) is 38.5. The molecule has 0 fully saturated rings. The van der Waals surface area contributed by atoms with Gasteiger partial charge in [-0.05, 0) is 122 Å². The number of rotatable bonds is 67. The number of unbranched alkanes of at least 4 members (excludes halogenated alkanes) is 28. The molecule has 0 aliphatic heterocycles. The van der Waals surface area contributed by atoms with Crippen LogP contribution in [0.2, 0.25) is 0 Å². The van der Waals surface area contributed by atoms with Gasteiger partial charge in [-0.15, -0.1) is 0 Å². The molecular formula is C73H128O16P2. The predicted octanol–water partition coefficient (Wildman–Crippen LogP) is 19.9. The molecule has 0 amide bonds. The molecule has 5 atom stereocenters. The number of aliphatic hydroxyl groups excluding tert-OH is 2. The number of carbonyl (C=O) groups excluding carboxylic acids is 3. The van der Waals surface area contributed by atoms with Gasteiger partial charge in [-0.3, -0.25) is 32.5 Å². The highest BCUT2D eigenvalue weighted by atomic mass is 31.2. The second kappa shape index (κ2) is 66.5. The van der Waals surface area contributed by atoms with E-state index >= 15 is 0 Å². The van der Waals surface area contributed by atoms with Crippen LogP contribution < -0.4 is 0 Å². The summed E-state index contributed by atoms with van der Waals surface area (Å²) in [5, 5.41) is 20.6. The van der Waals surface area contributed by atoms with Crippen molar-refractivity contribution in [3.63, 3.8) is 0 Å². The van der Waals surface area contributed by atoms with Crippen LogP contribution >= 0.6 is 15.6 Å². The highest BCUT2D eigenvalue weighted by molar-refractivity contribution is 7.47. The Kier molecular flexibility index (Phi) is 63.9. The lowest BCUT2D eigenvalue weighted by atomic mass is 10.1. The summed E-state index contributed by atoms with van der Waals surface area (Å²) in [6.45, 7) is 2.52. The first-order chi connectivity index (χ1) is 44.2. The summed E-state index contributed by atoms with van der Waals surface area (Å²) in [5.41, 5.74) is 0. The van der Waals surface area contributed by atoms with E-state index in [0.717, 1.165) is 154 Å². The van der Waals surface area contributed by atoms with Gasteiger partial charge >= 0.3 is 33.6 Å². The maximum absolute atomic E-state index is 12.9. The first kappa shape index (κ1) is 87.5. The van der Waals surface area contributed by atoms with E-state index in [4.69, 9.17) is 32.3 Å². The van der Waals surface area contributed by atoms with Crippen molar-refractivity contribution >= 4 is 33.6 Å². The van der Waals surface area contributed by atoms with Gasteiger partial charge in [-0.1, -0.05) is 246 Å². The van der Waals surface area contributed by atoms with Crippen molar-refractivity contribution < 1.29 is 75.8 Å². The smallest absolute Gasteiger partial charge is 0.463 e. The first-order valence-electron chi connectivity index (χ1n) is 35.5. The number of aliphatic hydroxyl groups is 2. The summed E-state index contributed by atoms with van der Waals surface area (Å²) >= 11 is 0. The fourth-order valence-electron chi connectivity index (χ4n) is 9.33. The molecule has 0 saturated carbocycles. The number of phosphoric acid groups is 2. The van der Waals surface area contributed by atoms with Crippen LogP contribution in [0.15, 0.2) is 97.2 Å². The standard InChI is InChI=1S/C73H128O16P2/c1-4-7-10-13-16-19-22-25-28-29-30-31-32-33-34-35-36-37-40-42-44-47-50-53-56-59-71(76)83-62-68(74)63-85-90(79,80)86-64-69(75)65-87-91(81,82)88-67-70(89-73(78)61-58-55-52-49-46-43-39-27-24-21-18-15-12-9-6-3)66-84-72(77)60-57-54-51-48-45-41-38-26-23-20-17-14-11-8-5-2/h7,10,16,19,25-28,30-31,33-34,36-39,68-70,74-75H,4-6,8-9,11-15,17-18,20-24,29,32,35,40-67H2,1-3H3,(H,79,80)(H,81,82)/b10-7-,19-16-,28-25-,31-30-,34-33-,37-36-,38-26-,39-27-. The zero-order valence-corrected chi connectivity index (χ0v) is 58.8. The van der Waals surface area contributed by atoms with Crippen LogP contribution in [0.5, 0.6) is 0 Å². The minimum absolute atomic E-state index is 0.0939. The Bertz CT molecular complexity index is 2050. The fourth-order valence-corrected chi connectivity index (χ4v) is 10.9. The Labute approximate surface area is 552 Å². The van der Waals surface area contributed by atoms with Crippen LogP contribution in [0.4, 0.5) is 0 Å². The van der Waals surface area contributed by atoms with E-state index in [1.807, 2.05) is 0 Å². The highest BCUT2D eigenvalue weighted by Crippen LogP contribution is 2.45. The Morgan fingerprint density at radius 2 is 0.582 bits per heavy atom. The Morgan fingerprint density at radius 3 is 0.934 bits per heavy atom. The van der Waals surface area contributed by atoms with Crippen molar-refractivity contribution in [2.45, 2.75) is 309 Å². The molecule has 16 nitrogen and oxygen atoms in total. The van der Waals surface area contributed by atoms with Crippen molar-refractivity contribution in [2.75, 3.05) is 39.6 Å². The molecule has 0 heterocycles. The average molecular weight is 1320 g/mol. The number of carbonyl (C=O) groups is 3. The van der Waals surface area contributed by atoms with Crippen LogP contribution in [0, 0.1) is 0 Å². The lowest BCUT2D eigenvalue weighted by molar-refractivity contribution is -0.161. The number of phosphoric ester groups is 2. The molecule has 0 rings (SSSR count). The number of hydrogen-bond donors (Lipinski definition) is 4. The van der Waals surface area contributed by atoms with Gasteiger partial charge in [-0.25, -0.2) is 9.13 Å².